The number of nitrogens with zero attached hydrogens (tertiary/aromatic N) is 1. The molecule has 0 unspecified atom stereocenters. The molecule has 1 amide bonds. The van der Waals surface area contributed by atoms with Crippen LogP contribution < -0.4 is 0 Å². The minimum atomic E-state index is -0.163. The number of piperidine rings is 1. The summed E-state index contributed by atoms with van der Waals surface area (Å²) in [5.74, 6) is 0.666. The summed E-state index contributed by atoms with van der Waals surface area (Å²) in [7, 11) is 0. The molecule has 2 aromatic carbocycles. The standard InChI is InChI=1S/C22H26FNO/c23-21-10-4-9-20(17-21)16-19-12-14-24(15-13-19)22(25)11-5-8-18-6-2-1-3-7-18/h1-4,6-7,9-10,17,19H,5,8,11-16H2. The van der Waals surface area contributed by atoms with Gasteiger partial charge in [0.25, 0.3) is 0 Å². The van der Waals surface area contributed by atoms with Crippen molar-refractivity contribution >= 4 is 5.91 Å². The molecule has 0 aromatic heterocycles. The fraction of sp³-hybridized carbons (Fsp3) is 0.409. The van der Waals surface area contributed by atoms with Crippen LogP contribution in [-0.4, -0.2) is 23.9 Å². The molecule has 0 radical (unpaired) electrons. The smallest absolute Gasteiger partial charge is 0.222 e. The van der Waals surface area contributed by atoms with Crippen LogP contribution in [0.5, 0.6) is 0 Å². The lowest BCUT2D eigenvalue weighted by Crippen LogP contribution is -2.38. The van der Waals surface area contributed by atoms with Gasteiger partial charge in [0.15, 0.2) is 0 Å². The summed E-state index contributed by atoms with van der Waals surface area (Å²) in [6, 6.07) is 17.2. The van der Waals surface area contributed by atoms with Crippen molar-refractivity contribution in [1.82, 2.24) is 4.90 Å². The van der Waals surface area contributed by atoms with Crippen molar-refractivity contribution in [3.8, 4) is 0 Å². The number of halogens is 1. The average molecular weight is 339 g/mol. The van der Waals surface area contributed by atoms with Crippen molar-refractivity contribution in [3.63, 3.8) is 0 Å². The van der Waals surface area contributed by atoms with Crippen LogP contribution in [0.2, 0.25) is 0 Å². The largest absolute Gasteiger partial charge is 0.343 e. The summed E-state index contributed by atoms with van der Waals surface area (Å²) < 4.78 is 13.3. The highest BCUT2D eigenvalue weighted by molar-refractivity contribution is 5.76. The van der Waals surface area contributed by atoms with Crippen LogP contribution in [0, 0.1) is 11.7 Å². The Kier molecular flexibility index (Phi) is 6.21. The maximum atomic E-state index is 13.3. The number of carbonyl (C=O) groups is 1. The summed E-state index contributed by atoms with van der Waals surface area (Å²) >= 11 is 0. The fourth-order valence-electron chi connectivity index (χ4n) is 3.63. The normalized spacial score (nSPS) is 15.3. The summed E-state index contributed by atoms with van der Waals surface area (Å²) in [6.45, 7) is 1.67. The molecular formula is C22H26FNO. The van der Waals surface area contributed by atoms with E-state index in [0.29, 0.717) is 12.3 Å². The lowest BCUT2D eigenvalue weighted by Gasteiger charge is -2.32. The van der Waals surface area contributed by atoms with Gasteiger partial charge in [-0.1, -0.05) is 42.5 Å². The number of aryl methyl sites for hydroxylation is 1. The Morgan fingerprint density at radius 1 is 1.00 bits per heavy atom. The molecule has 3 rings (SSSR count). The summed E-state index contributed by atoms with van der Waals surface area (Å²) in [5.41, 5.74) is 2.36. The Balaban J connectivity index is 1.38. The Morgan fingerprint density at radius 2 is 1.72 bits per heavy atom. The molecule has 0 spiro atoms. The van der Waals surface area contributed by atoms with Crippen molar-refractivity contribution in [3.05, 3.63) is 71.5 Å². The van der Waals surface area contributed by atoms with Gasteiger partial charge in [0.2, 0.25) is 5.91 Å². The highest BCUT2D eigenvalue weighted by Gasteiger charge is 2.22. The molecule has 0 N–H and O–H groups in total. The van der Waals surface area contributed by atoms with E-state index in [1.54, 1.807) is 12.1 Å². The molecule has 0 saturated carbocycles. The molecule has 1 fully saturated rings. The number of benzene rings is 2. The summed E-state index contributed by atoms with van der Waals surface area (Å²) in [5, 5.41) is 0. The van der Waals surface area contributed by atoms with Gasteiger partial charge in [-0.3, -0.25) is 4.79 Å². The van der Waals surface area contributed by atoms with E-state index < -0.39 is 0 Å². The van der Waals surface area contributed by atoms with Crippen molar-refractivity contribution < 1.29 is 9.18 Å². The zero-order chi connectivity index (χ0) is 17.5. The zero-order valence-electron chi connectivity index (χ0n) is 14.7. The number of hydrogen-bond donors (Lipinski definition) is 0. The molecule has 3 heteroatoms. The number of amides is 1. The summed E-state index contributed by atoms with van der Waals surface area (Å²) in [6.07, 6.45) is 5.44. The molecule has 1 aliphatic heterocycles. The van der Waals surface area contributed by atoms with Crippen molar-refractivity contribution in [1.29, 1.82) is 0 Å². The van der Waals surface area contributed by atoms with E-state index in [-0.39, 0.29) is 11.7 Å². The van der Waals surface area contributed by atoms with Crippen LogP contribution in [0.25, 0.3) is 0 Å². The van der Waals surface area contributed by atoms with Gasteiger partial charge >= 0.3 is 0 Å². The van der Waals surface area contributed by atoms with E-state index in [2.05, 4.69) is 12.1 Å². The molecule has 2 nitrogen and oxygen atoms in total. The van der Waals surface area contributed by atoms with Gasteiger partial charge in [0.1, 0.15) is 5.82 Å². The van der Waals surface area contributed by atoms with E-state index in [0.717, 1.165) is 50.8 Å². The molecule has 1 heterocycles. The molecule has 2 aromatic rings. The first-order valence-electron chi connectivity index (χ1n) is 9.27. The molecule has 1 saturated heterocycles. The molecule has 25 heavy (non-hydrogen) atoms. The summed E-state index contributed by atoms with van der Waals surface area (Å²) in [4.78, 5) is 14.4. The topological polar surface area (TPSA) is 20.3 Å². The Morgan fingerprint density at radius 3 is 2.44 bits per heavy atom. The minimum absolute atomic E-state index is 0.163. The number of hydrogen-bond acceptors (Lipinski definition) is 1. The van der Waals surface area contributed by atoms with Crippen molar-refractivity contribution in [2.24, 2.45) is 5.92 Å². The van der Waals surface area contributed by atoms with Crippen LogP contribution in [0.1, 0.15) is 36.8 Å². The molecule has 132 valence electrons. The van der Waals surface area contributed by atoms with Gasteiger partial charge in [-0.2, -0.15) is 0 Å². The van der Waals surface area contributed by atoms with Crippen LogP contribution in [-0.2, 0) is 17.6 Å². The number of likely N-dealkylation sites (tertiary alicyclic amines) is 1. The van der Waals surface area contributed by atoms with Gasteiger partial charge in [-0.25, -0.2) is 4.39 Å². The highest BCUT2D eigenvalue weighted by atomic mass is 19.1. The first-order chi connectivity index (χ1) is 12.2. The maximum absolute atomic E-state index is 13.3. The second-order valence-electron chi connectivity index (χ2n) is 7.00. The van der Waals surface area contributed by atoms with E-state index in [4.69, 9.17) is 0 Å². The fourth-order valence-corrected chi connectivity index (χ4v) is 3.63. The third-order valence-corrected chi connectivity index (χ3v) is 5.08. The molecule has 0 atom stereocenters. The van der Waals surface area contributed by atoms with Crippen LogP contribution in [0.3, 0.4) is 0 Å². The van der Waals surface area contributed by atoms with Gasteiger partial charge in [-0.05, 0) is 61.3 Å². The highest BCUT2D eigenvalue weighted by Crippen LogP contribution is 2.22. The van der Waals surface area contributed by atoms with Gasteiger partial charge < -0.3 is 4.90 Å². The zero-order valence-corrected chi connectivity index (χ0v) is 14.7. The van der Waals surface area contributed by atoms with Gasteiger partial charge in [-0.15, -0.1) is 0 Å². The first kappa shape index (κ1) is 17.7. The third-order valence-electron chi connectivity index (χ3n) is 5.08. The molecule has 0 bridgehead atoms. The van der Waals surface area contributed by atoms with Crippen molar-refractivity contribution in [2.45, 2.75) is 38.5 Å². The second-order valence-corrected chi connectivity index (χ2v) is 7.00. The van der Waals surface area contributed by atoms with Gasteiger partial charge in [0.05, 0.1) is 0 Å². The Hall–Kier alpha value is -2.16. The van der Waals surface area contributed by atoms with E-state index in [9.17, 15) is 9.18 Å². The van der Waals surface area contributed by atoms with Crippen molar-refractivity contribution in [2.75, 3.05) is 13.1 Å². The quantitative estimate of drug-likeness (QED) is 0.751. The second kappa shape index (κ2) is 8.80. The Labute approximate surface area is 149 Å². The average Bonchev–Trinajstić information content (AvgIpc) is 2.63. The van der Waals surface area contributed by atoms with Crippen LogP contribution >= 0.6 is 0 Å². The van der Waals surface area contributed by atoms with Gasteiger partial charge in [0, 0.05) is 19.5 Å². The molecule has 0 aliphatic carbocycles. The van der Waals surface area contributed by atoms with E-state index in [1.807, 2.05) is 29.2 Å². The Bertz CT molecular complexity index is 677. The SMILES string of the molecule is O=C(CCCc1ccccc1)N1CCC(Cc2cccc(F)c2)CC1. The van der Waals surface area contributed by atoms with Crippen LogP contribution in [0.15, 0.2) is 54.6 Å². The lowest BCUT2D eigenvalue weighted by molar-refractivity contribution is -0.132. The molecular weight excluding hydrogens is 313 g/mol. The predicted molar refractivity (Wildman–Crippen MR) is 98.8 cm³/mol. The maximum Gasteiger partial charge on any atom is 0.222 e. The van der Waals surface area contributed by atoms with Crippen LogP contribution in [0.4, 0.5) is 4.39 Å². The lowest BCUT2D eigenvalue weighted by atomic mass is 9.90. The number of rotatable bonds is 6. The molecule has 1 aliphatic rings. The third kappa shape index (κ3) is 5.42. The monoisotopic (exact) mass is 339 g/mol. The van der Waals surface area contributed by atoms with E-state index in [1.165, 1.54) is 11.6 Å². The minimum Gasteiger partial charge on any atom is -0.343 e. The van der Waals surface area contributed by atoms with E-state index >= 15 is 0 Å². The predicted octanol–water partition coefficient (Wildman–Crippen LogP) is 4.63. The first-order valence-corrected chi connectivity index (χ1v) is 9.27. The number of carbonyl (C=O) groups excluding carboxylic acids is 1.